The van der Waals surface area contributed by atoms with Crippen molar-refractivity contribution in [2.45, 2.75) is 0 Å². The first-order valence-electron chi connectivity index (χ1n) is 1.15. The molecule has 0 amide bonds. The normalized spacial score (nSPS) is 27.1. The molecule has 0 aromatic heterocycles. The van der Waals surface area contributed by atoms with Gasteiger partial charge in [0.2, 0.25) is 0 Å². The van der Waals surface area contributed by atoms with E-state index in [4.69, 9.17) is 47.0 Å². The molecule has 0 unspecified atom stereocenters. The first kappa shape index (κ1) is 9.33. The summed E-state index contributed by atoms with van der Waals surface area (Å²) in [5.74, 6) is 0. The first-order chi connectivity index (χ1) is 2.65. The van der Waals surface area contributed by atoms with Crippen LogP contribution in [0.2, 0.25) is 0 Å². The summed E-state index contributed by atoms with van der Waals surface area (Å²) >= 11 is 0. The average Bonchev–Trinajstić information content (AvgIpc) is 0.544. The zero-order chi connectivity index (χ0) is 7.38. The summed E-state index contributed by atoms with van der Waals surface area (Å²) in [5.41, 5.74) is 0. The third-order valence-corrected chi connectivity index (χ3v) is 0. The van der Waals surface area contributed by atoms with Crippen LogP contribution < -0.4 is 17.9 Å². The summed E-state index contributed by atoms with van der Waals surface area (Å²) in [6.45, 7) is 0. The third kappa shape index (κ3) is 165. The van der Waals surface area contributed by atoms with E-state index >= 15 is 0 Å². The minimum absolute atomic E-state index is 4.88. The fourth-order valence-corrected chi connectivity index (χ4v) is 0. The second kappa shape index (κ2) is 0.899. The van der Waals surface area contributed by atoms with Crippen LogP contribution in [0.25, 0.3) is 0 Å². The van der Waals surface area contributed by atoms with Crippen molar-refractivity contribution >= 4 is 29.1 Å². The monoisotopic (exact) mass is 272 g/mol. The SMILES string of the molecule is [NH2][Rh]([NH2])([NH2])([NH2])([Cl])([Cl])[Cl]. The molecule has 4 nitrogen and oxygen atoms in total. The fourth-order valence-electron chi connectivity index (χ4n) is 0. The van der Waals surface area contributed by atoms with Gasteiger partial charge in [-0.05, 0) is 0 Å². The minimum atomic E-state index is -6.12. The molecule has 0 bridgehead atoms. The van der Waals surface area contributed by atoms with E-state index in [-0.39, 0.29) is 0 Å². The maximum atomic E-state index is 5.10. The van der Waals surface area contributed by atoms with Crippen LogP contribution in [0.1, 0.15) is 0 Å². The Balaban J connectivity index is 5.14. The molecule has 58 valence electrons. The molecule has 8 heteroatoms. The van der Waals surface area contributed by atoms with E-state index in [0.29, 0.717) is 0 Å². The van der Waals surface area contributed by atoms with Crippen LogP contribution in [0, 0.1) is 0 Å². The summed E-state index contributed by atoms with van der Waals surface area (Å²) in [6.07, 6.45) is 0. The zero-order valence-electron chi connectivity index (χ0n) is 3.78. The summed E-state index contributed by atoms with van der Waals surface area (Å²) in [6, 6.07) is 0. The van der Waals surface area contributed by atoms with Crippen LogP contribution in [-0.2, 0) is 9.23 Å². The predicted octanol–water partition coefficient (Wildman–Crippen LogP) is -0.296. The Bertz CT molecular complexity index is 103. The molecule has 0 aliphatic rings. The van der Waals surface area contributed by atoms with Gasteiger partial charge in [-0.2, -0.15) is 0 Å². The second-order valence-electron chi connectivity index (χ2n) is 1.68. The molecule has 0 saturated carbocycles. The molecule has 0 atom stereocenters. The van der Waals surface area contributed by atoms with Gasteiger partial charge in [0, 0.05) is 0 Å². The molecule has 0 aromatic rings. The van der Waals surface area contributed by atoms with Crippen molar-refractivity contribution in [2.75, 3.05) is 0 Å². The molecule has 8 N–H and O–H groups in total. The van der Waals surface area contributed by atoms with Gasteiger partial charge in [-0.25, -0.2) is 0 Å². The fraction of sp³-hybridized carbons (Fsp3) is 0. The van der Waals surface area contributed by atoms with E-state index in [9.17, 15) is 0 Å². The van der Waals surface area contributed by atoms with Crippen molar-refractivity contribution in [3.05, 3.63) is 0 Å². The average molecular weight is 273 g/mol. The number of hydrogen-bond donors (Lipinski definition) is 4. The Hall–Kier alpha value is 1.33. The Morgan fingerprint density at radius 2 is 0.750 bits per heavy atom. The van der Waals surface area contributed by atoms with Gasteiger partial charge in [-0.1, -0.05) is 0 Å². The molecule has 0 spiro atoms. The van der Waals surface area contributed by atoms with Crippen LogP contribution >= 0.6 is 29.1 Å². The van der Waals surface area contributed by atoms with E-state index in [1.165, 1.54) is 0 Å². The number of hydrogen-bond acceptors (Lipinski definition) is 4. The van der Waals surface area contributed by atoms with E-state index in [2.05, 4.69) is 0 Å². The van der Waals surface area contributed by atoms with E-state index in [0.717, 1.165) is 0 Å². The van der Waals surface area contributed by atoms with Crippen molar-refractivity contribution < 1.29 is 9.23 Å². The van der Waals surface area contributed by atoms with Crippen LogP contribution in [0.5, 0.6) is 0 Å². The molecule has 0 fully saturated rings. The Morgan fingerprint density at radius 1 is 0.750 bits per heavy atom. The molecule has 0 rings (SSSR count). The van der Waals surface area contributed by atoms with Gasteiger partial charge in [0.05, 0.1) is 0 Å². The van der Waals surface area contributed by atoms with E-state index in [1.54, 1.807) is 0 Å². The van der Waals surface area contributed by atoms with Crippen molar-refractivity contribution in [2.24, 2.45) is 17.9 Å². The summed E-state index contributed by atoms with van der Waals surface area (Å²) in [7, 11) is 9.18. The van der Waals surface area contributed by atoms with Crippen molar-refractivity contribution in [1.82, 2.24) is 0 Å². The molecule has 0 aliphatic carbocycles. The Morgan fingerprint density at radius 3 is 0.750 bits per heavy atom. The van der Waals surface area contributed by atoms with Gasteiger partial charge in [0.1, 0.15) is 0 Å². The van der Waals surface area contributed by atoms with Crippen LogP contribution in [0.3, 0.4) is 0 Å². The maximum absolute atomic E-state index is 6.12. The summed E-state index contributed by atoms with van der Waals surface area (Å²) in [4.78, 5) is 0. The van der Waals surface area contributed by atoms with E-state index < -0.39 is 9.23 Å². The molecule has 0 aliphatic heterocycles. The van der Waals surface area contributed by atoms with Gasteiger partial charge in [0.25, 0.3) is 0 Å². The van der Waals surface area contributed by atoms with Crippen LogP contribution in [-0.4, -0.2) is 0 Å². The van der Waals surface area contributed by atoms with Crippen molar-refractivity contribution in [3.8, 4) is 0 Å². The predicted molar refractivity (Wildman–Crippen MR) is 34.3 cm³/mol. The summed E-state index contributed by atoms with van der Waals surface area (Å²) < 4.78 is 19.5. The van der Waals surface area contributed by atoms with Gasteiger partial charge in [-0.15, -0.1) is 0 Å². The quantitative estimate of drug-likeness (QED) is 0.455. The molecular weight excluding hydrogens is 265 g/mol. The van der Waals surface area contributed by atoms with E-state index in [1.807, 2.05) is 0 Å². The zero-order valence-corrected chi connectivity index (χ0v) is 7.68. The topological polar surface area (TPSA) is 104 Å². The number of halogens is 3. The number of nitrogens with two attached hydrogens (primary N) is 4. The molecule has 0 heterocycles. The molecule has 0 saturated heterocycles. The van der Waals surface area contributed by atoms with Gasteiger partial charge >= 0.3 is 56.2 Å². The van der Waals surface area contributed by atoms with Crippen molar-refractivity contribution in [3.63, 3.8) is 0 Å². The molecule has 0 aromatic carbocycles. The van der Waals surface area contributed by atoms with Gasteiger partial charge in [0.15, 0.2) is 0 Å². The number of rotatable bonds is 0. The molecule has 8 heavy (non-hydrogen) atoms. The Kier molecular flexibility index (Phi) is 1.05. The first-order valence-corrected chi connectivity index (χ1v) is 11.3. The standard InChI is InChI=1S/3ClH.4H2N.Rh/h3*1H;4*1H2;/q;;;4*-1;+7/p-3. The van der Waals surface area contributed by atoms with Crippen molar-refractivity contribution in [1.29, 1.82) is 0 Å². The summed E-state index contributed by atoms with van der Waals surface area (Å²) in [5, 5.41) is 0. The molecular formula is H8Cl3N4Rh. The van der Waals surface area contributed by atoms with Gasteiger partial charge < -0.3 is 0 Å². The van der Waals surface area contributed by atoms with Gasteiger partial charge in [-0.3, -0.25) is 0 Å². The molecule has 0 radical (unpaired) electrons. The van der Waals surface area contributed by atoms with Crippen LogP contribution in [0.4, 0.5) is 0 Å². The third-order valence-electron chi connectivity index (χ3n) is 0. The van der Waals surface area contributed by atoms with Crippen LogP contribution in [0.15, 0.2) is 0 Å². The Labute approximate surface area is 56.2 Å². The second-order valence-corrected chi connectivity index (χ2v) is 27.0.